The molecular formula is C13H23NO2. The predicted octanol–water partition coefficient (Wildman–Crippen LogP) is 2.26. The molecule has 4 atom stereocenters. The largest absolute Gasteiger partial charge is 0.480 e. The minimum Gasteiger partial charge on any atom is -0.480 e. The highest BCUT2D eigenvalue weighted by Gasteiger charge is 2.39. The molecule has 0 heterocycles. The Hall–Kier alpha value is -0.570. The van der Waals surface area contributed by atoms with E-state index in [4.69, 9.17) is 0 Å². The maximum absolute atomic E-state index is 11.2. The summed E-state index contributed by atoms with van der Waals surface area (Å²) in [6.07, 6.45) is 5.83. The highest BCUT2D eigenvalue weighted by Crippen LogP contribution is 2.35. The van der Waals surface area contributed by atoms with Crippen molar-refractivity contribution in [2.24, 2.45) is 17.8 Å². The van der Waals surface area contributed by atoms with Gasteiger partial charge in [-0.15, -0.1) is 0 Å². The third kappa shape index (κ3) is 2.76. The highest BCUT2D eigenvalue weighted by atomic mass is 16.4. The Morgan fingerprint density at radius 1 is 1.25 bits per heavy atom. The lowest BCUT2D eigenvalue weighted by Crippen LogP contribution is -2.49. The monoisotopic (exact) mass is 225 g/mol. The van der Waals surface area contributed by atoms with E-state index in [9.17, 15) is 9.90 Å². The van der Waals surface area contributed by atoms with Crippen molar-refractivity contribution in [3.05, 3.63) is 0 Å². The van der Waals surface area contributed by atoms with Crippen LogP contribution < -0.4 is 5.32 Å². The summed E-state index contributed by atoms with van der Waals surface area (Å²) in [6, 6.07) is 0.114. The molecule has 2 fully saturated rings. The third-order valence-corrected chi connectivity index (χ3v) is 4.21. The van der Waals surface area contributed by atoms with Gasteiger partial charge < -0.3 is 10.4 Å². The molecule has 0 aromatic rings. The molecule has 0 radical (unpaired) electrons. The van der Waals surface area contributed by atoms with Crippen molar-refractivity contribution < 1.29 is 9.90 Å². The predicted molar refractivity (Wildman–Crippen MR) is 63.3 cm³/mol. The van der Waals surface area contributed by atoms with Crippen LogP contribution in [0, 0.1) is 17.8 Å². The summed E-state index contributed by atoms with van der Waals surface area (Å²) in [5.41, 5.74) is 0. The van der Waals surface area contributed by atoms with Gasteiger partial charge in [0.2, 0.25) is 0 Å². The van der Waals surface area contributed by atoms with E-state index < -0.39 is 5.97 Å². The molecule has 3 nitrogen and oxygen atoms in total. The van der Waals surface area contributed by atoms with E-state index in [1.807, 2.05) is 0 Å². The second-order valence-electron chi connectivity index (χ2n) is 5.82. The summed E-state index contributed by atoms with van der Waals surface area (Å²) in [4.78, 5) is 11.2. The molecule has 16 heavy (non-hydrogen) atoms. The van der Waals surface area contributed by atoms with Gasteiger partial charge in [-0.2, -0.15) is 0 Å². The van der Waals surface area contributed by atoms with E-state index in [1.54, 1.807) is 0 Å². The van der Waals surface area contributed by atoms with E-state index >= 15 is 0 Å². The standard InChI is InChI=1S/C13H23NO2/c1-8-3-4-9(2)11(7-8)14-12(13(15)16)10-5-6-10/h8-12,14H,3-7H2,1-2H3,(H,15,16). The molecule has 0 amide bonds. The Balaban J connectivity index is 1.92. The summed E-state index contributed by atoms with van der Waals surface area (Å²) in [5.74, 6) is 1.09. The van der Waals surface area contributed by atoms with Gasteiger partial charge in [-0.25, -0.2) is 0 Å². The van der Waals surface area contributed by atoms with Crippen LogP contribution in [-0.4, -0.2) is 23.2 Å². The number of hydrogen-bond donors (Lipinski definition) is 2. The summed E-state index contributed by atoms with van der Waals surface area (Å²) in [6.45, 7) is 4.52. The van der Waals surface area contributed by atoms with E-state index in [0.29, 0.717) is 17.9 Å². The van der Waals surface area contributed by atoms with Gasteiger partial charge in [-0.3, -0.25) is 4.79 Å². The lowest BCUT2D eigenvalue weighted by atomic mass is 9.79. The van der Waals surface area contributed by atoms with Crippen molar-refractivity contribution in [2.75, 3.05) is 0 Å². The summed E-state index contributed by atoms with van der Waals surface area (Å²) >= 11 is 0. The average molecular weight is 225 g/mol. The SMILES string of the molecule is CC1CCC(C)C(NC(C(=O)O)C2CC2)C1. The molecule has 3 heteroatoms. The minimum atomic E-state index is -0.659. The van der Waals surface area contributed by atoms with Crippen molar-refractivity contribution in [1.82, 2.24) is 5.32 Å². The molecule has 0 bridgehead atoms. The fourth-order valence-corrected chi connectivity index (χ4v) is 2.83. The third-order valence-electron chi connectivity index (χ3n) is 4.21. The minimum absolute atomic E-state index is 0.294. The van der Waals surface area contributed by atoms with Gasteiger partial charge in [0.15, 0.2) is 0 Å². The zero-order valence-electron chi connectivity index (χ0n) is 10.3. The van der Waals surface area contributed by atoms with E-state index in [-0.39, 0.29) is 6.04 Å². The van der Waals surface area contributed by atoms with Crippen LogP contribution in [0.4, 0.5) is 0 Å². The molecule has 2 aliphatic carbocycles. The number of carbonyl (C=O) groups is 1. The van der Waals surface area contributed by atoms with Crippen LogP contribution in [-0.2, 0) is 4.79 Å². The molecule has 0 saturated heterocycles. The average Bonchev–Trinajstić information content (AvgIpc) is 3.02. The molecule has 0 spiro atoms. The van der Waals surface area contributed by atoms with Crippen molar-refractivity contribution >= 4 is 5.97 Å². The van der Waals surface area contributed by atoms with Gasteiger partial charge in [0.1, 0.15) is 6.04 Å². The number of aliphatic carboxylic acids is 1. The highest BCUT2D eigenvalue weighted by molar-refractivity contribution is 5.74. The van der Waals surface area contributed by atoms with Gasteiger partial charge >= 0.3 is 5.97 Å². The topological polar surface area (TPSA) is 49.3 Å². The molecule has 92 valence electrons. The summed E-state index contributed by atoms with van der Waals surface area (Å²) in [7, 11) is 0. The fraction of sp³-hybridized carbons (Fsp3) is 0.923. The summed E-state index contributed by atoms with van der Waals surface area (Å²) < 4.78 is 0. The lowest BCUT2D eigenvalue weighted by Gasteiger charge is -2.35. The van der Waals surface area contributed by atoms with Crippen molar-refractivity contribution in [1.29, 1.82) is 0 Å². The number of hydrogen-bond acceptors (Lipinski definition) is 2. The lowest BCUT2D eigenvalue weighted by molar-refractivity contribution is -0.140. The van der Waals surface area contributed by atoms with Crippen LogP contribution in [0.25, 0.3) is 0 Å². The Morgan fingerprint density at radius 2 is 1.94 bits per heavy atom. The number of rotatable bonds is 4. The van der Waals surface area contributed by atoms with E-state index in [1.165, 1.54) is 12.8 Å². The van der Waals surface area contributed by atoms with E-state index in [0.717, 1.165) is 25.2 Å². The fourth-order valence-electron chi connectivity index (χ4n) is 2.83. The Bertz CT molecular complexity index is 263. The van der Waals surface area contributed by atoms with Crippen LogP contribution in [0.5, 0.6) is 0 Å². The molecule has 2 saturated carbocycles. The zero-order chi connectivity index (χ0) is 11.7. The zero-order valence-corrected chi connectivity index (χ0v) is 10.3. The van der Waals surface area contributed by atoms with Crippen LogP contribution in [0.1, 0.15) is 46.0 Å². The molecule has 2 aliphatic rings. The second-order valence-corrected chi connectivity index (χ2v) is 5.82. The van der Waals surface area contributed by atoms with Crippen molar-refractivity contribution in [3.63, 3.8) is 0 Å². The first kappa shape index (κ1) is 11.9. The van der Waals surface area contributed by atoms with Crippen LogP contribution >= 0.6 is 0 Å². The van der Waals surface area contributed by atoms with Crippen LogP contribution in [0.2, 0.25) is 0 Å². The molecule has 2 N–H and O–H groups in total. The Morgan fingerprint density at radius 3 is 2.50 bits per heavy atom. The second kappa shape index (κ2) is 4.74. The maximum atomic E-state index is 11.2. The van der Waals surface area contributed by atoms with Crippen molar-refractivity contribution in [2.45, 2.75) is 58.0 Å². The van der Waals surface area contributed by atoms with Gasteiger partial charge in [-0.1, -0.05) is 20.3 Å². The first-order valence-electron chi connectivity index (χ1n) is 6.56. The molecule has 2 rings (SSSR count). The number of carboxylic acids is 1. The number of nitrogens with one attached hydrogen (secondary N) is 1. The maximum Gasteiger partial charge on any atom is 0.320 e. The van der Waals surface area contributed by atoms with Gasteiger partial charge in [0.25, 0.3) is 0 Å². The first-order chi connectivity index (χ1) is 7.58. The van der Waals surface area contributed by atoms with E-state index in [2.05, 4.69) is 19.2 Å². The normalized spacial score (nSPS) is 37.0. The molecule has 0 aliphatic heterocycles. The molecule has 0 aromatic heterocycles. The Labute approximate surface area is 97.6 Å². The molecule has 4 unspecified atom stereocenters. The summed E-state index contributed by atoms with van der Waals surface area (Å²) in [5, 5.41) is 12.6. The van der Waals surface area contributed by atoms with Crippen LogP contribution in [0.15, 0.2) is 0 Å². The van der Waals surface area contributed by atoms with Gasteiger partial charge in [0.05, 0.1) is 0 Å². The smallest absolute Gasteiger partial charge is 0.320 e. The molecule has 0 aromatic carbocycles. The van der Waals surface area contributed by atoms with Crippen LogP contribution in [0.3, 0.4) is 0 Å². The van der Waals surface area contributed by atoms with Gasteiger partial charge in [0, 0.05) is 6.04 Å². The first-order valence-corrected chi connectivity index (χ1v) is 6.56. The quantitative estimate of drug-likeness (QED) is 0.771. The van der Waals surface area contributed by atoms with Crippen molar-refractivity contribution in [3.8, 4) is 0 Å². The molecular weight excluding hydrogens is 202 g/mol. The number of carboxylic acid groups (broad SMARTS) is 1. The van der Waals surface area contributed by atoms with Gasteiger partial charge in [-0.05, 0) is 43.4 Å². The Kier molecular flexibility index (Phi) is 3.53.